The summed E-state index contributed by atoms with van der Waals surface area (Å²) in [6.45, 7) is 6.16. The van der Waals surface area contributed by atoms with Crippen LogP contribution in [0, 0.1) is 11.3 Å². The van der Waals surface area contributed by atoms with Crippen molar-refractivity contribution < 1.29 is 5.11 Å². The van der Waals surface area contributed by atoms with Crippen LogP contribution < -0.4 is 0 Å². The van der Waals surface area contributed by atoms with Gasteiger partial charge in [-0.1, -0.05) is 26.0 Å². The van der Waals surface area contributed by atoms with E-state index in [0.29, 0.717) is 5.92 Å². The summed E-state index contributed by atoms with van der Waals surface area (Å²) < 4.78 is 0. The van der Waals surface area contributed by atoms with Crippen molar-refractivity contribution in [1.29, 1.82) is 0 Å². The molecule has 1 aliphatic carbocycles. The maximum absolute atomic E-state index is 9.23. The molecule has 52 valence electrons. The zero-order chi connectivity index (χ0) is 7.07. The number of allylic oxidation sites excluding steroid dienone is 1. The van der Waals surface area contributed by atoms with Crippen LogP contribution in [0.5, 0.6) is 0 Å². The molecular weight excluding hydrogens is 112 g/mol. The molecule has 0 amide bonds. The van der Waals surface area contributed by atoms with Crippen molar-refractivity contribution in [1.82, 2.24) is 0 Å². The molecule has 0 bridgehead atoms. The Kier molecular flexibility index (Phi) is 1.39. The molecule has 0 aromatic heterocycles. The van der Waals surface area contributed by atoms with Crippen LogP contribution in [0.4, 0.5) is 0 Å². The summed E-state index contributed by atoms with van der Waals surface area (Å²) in [5.74, 6) is 0.405. The van der Waals surface area contributed by atoms with Gasteiger partial charge in [-0.15, -0.1) is 0 Å². The standard InChI is InChI=1S/C8H14O/c1-4-5-6-7(9)8(6,2)3/h4-7,9H,1-3H3. The van der Waals surface area contributed by atoms with Gasteiger partial charge in [0.2, 0.25) is 0 Å². The Labute approximate surface area is 56.4 Å². The van der Waals surface area contributed by atoms with Gasteiger partial charge in [0.25, 0.3) is 0 Å². The third-order valence-electron chi connectivity index (χ3n) is 2.25. The number of aliphatic hydroxyl groups is 1. The van der Waals surface area contributed by atoms with Crippen molar-refractivity contribution in [2.45, 2.75) is 26.9 Å². The maximum atomic E-state index is 9.23. The minimum atomic E-state index is -0.103. The smallest absolute Gasteiger partial charge is 0.0666 e. The van der Waals surface area contributed by atoms with E-state index in [4.69, 9.17) is 0 Å². The predicted octanol–water partition coefficient (Wildman–Crippen LogP) is 1.58. The average molecular weight is 126 g/mol. The summed E-state index contributed by atoms with van der Waals surface area (Å²) >= 11 is 0. The normalized spacial score (nSPS) is 39.6. The molecule has 2 atom stereocenters. The van der Waals surface area contributed by atoms with E-state index < -0.39 is 0 Å². The molecule has 1 fully saturated rings. The van der Waals surface area contributed by atoms with Crippen LogP contribution in [0.15, 0.2) is 12.2 Å². The Morgan fingerprint density at radius 3 is 2.00 bits per heavy atom. The highest BCUT2D eigenvalue weighted by Crippen LogP contribution is 2.52. The Morgan fingerprint density at radius 2 is 1.89 bits per heavy atom. The summed E-state index contributed by atoms with van der Waals surface area (Å²) in [4.78, 5) is 0. The van der Waals surface area contributed by atoms with E-state index in [1.165, 1.54) is 0 Å². The van der Waals surface area contributed by atoms with Crippen LogP contribution in [-0.4, -0.2) is 11.2 Å². The third-order valence-corrected chi connectivity index (χ3v) is 2.25. The second-order valence-electron chi connectivity index (χ2n) is 3.32. The van der Waals surface area contributed by atoms with Crippen molar-refractivity contribution in [2.75, 3.05) is 0 Å². The van der Waals surface area contributed by atoms with Gasteiger partial charge in [0.05, 0.1) is 6.10 Å². The van der Waals surface area contributed by atoms with E-state index in [1.807, 2.05) is 13.0 Å². The zero-order valence-corrected chi connectivity index (χ0v) is 6.26. The monoisotopic (exact) mass is 126 g/mol. The topological polar surface area (TPSA) is 20.2 Å². The van der Waals surface area contributed by atoms with Gasteiger partial charge in [-0.2, -0.15) is 0 Å². The van der Waals surface area contributed by atoms with Gasteiger partial charge in [-0.3, -0.25) is 0 Å². The summed E-state index contributed by atoms with van der Waals surface area (Å²) in [6.07, 6.45) is 3.97. The summed E-state index contributed by atoms with van der Waals surface area (Å²) in [7, 11) is 0. The molecule has 1 N–H and O–H groups in total. The fourth-order valence-corrected chi connectivity index (χ4v) is 1.21. The maximum Gasteiger partial charge on any atom is 0.0666 e. The second kappa shape index (κ2) is 1.84. The van der Waals surface area contributed by atoms with E-state index in [2.05, 4.69) is 19.9 Å². The summed E-state index contributed by atoms with van der Waals surface area (Å²) in [5, 5.41) is 9.23. The highest BCUT2D eigenvalue weighted by molar-refractivity contribution is 5.14. The van der Waals surface area contributed by atoms with Gasteiger partial charge in [-0.05, 0) is 6.92 Å². The van der Waals surface area contributed by atoms with Crippen LogP contribution >= 0.6 is 0 Å². The number of aliphatic hydroxyl groups excluding tert-OH is 1. The number of hydrogen-bond acceptors (Lipinski definition) is 1. The molecule has 1 saturated carbocycles. The molecule has 0 saturated heterocycles. The fraction of sp³-hybridized carbons (Fsp3) is 0.750. The zero-order valence-electron chi connectivity index (χ0n) is 6.26. The number of rotatable bonds is 1. The van der Waals surface area contributed by atoms with Gasteiger partial charge >= 0.3 is 0 Å². The van der Waals surface area contributed by atoms with Crippen molar-refractivity contribution in [3.63, 3.8) is 0 Å². The lowest BCUT2D eigenvalue weighted by Crippen LogP contribution is -1.91. The van der Waals surface area contributed by atoms with E-state index in [-0.39, 0.29) is 11.5 Å². The molecule has 0 aliphatic heterocycles. The lowest BCUT2D eigenvalue weighted by molar-refractivity contribution is 0.232. The summed E-state index contributed by atoms with van der Waals surface area (Å²) in [6, 6.07) is 0. The molecule has 9 heavy (non-hydrogen) atoms. The first kappa shape index (κ1) is 6.81. The minimum Gasteiger partial charge on any atom is -0.392 e. The highest BCUT2D eigenvalue weighted by Gasteiger charge is 2.55. The molecule has 1 rings (SSSR count). The molecule has 0 heterocycles. The van der Waals surface area contributed by atoms with Crippen molar-refractivity contribution >= 4 is 0 Å². The highest BCUT2D eigenvalue weighted by atomic mass is 16.3. The molecule has 2 unspecified atom stereocenters. The average Bonchev–Trinajstić information content (AvgIpc) is 2.19. The first-order valence-electron chi connectivity index (χ1n) is 3.41. The number of hydrogen-bond donors (Lipinski definition) is 1. The fourth-order valence-electron chi connectivity index (χ4n) is 1.21. The molecule has 0 spiro atoms. The van der Waals surface area contributed by atoms with Crippen molar-refractivity contribution in [3.05, 3.63) is 12.2 Å². The van der Waals surface area contributed by atoms with Gasteiger partial charge < -0.3 is 5.11 Å². The third kappa shape index (κ3) is 0.897. The van der Waals surface area contributed by atoms with Crippen molar-refractivity contribution in [3.8, 4) is 0 Å². The SMILES string of the molecule is CC=CC1C(O)C1(C)C. The molecular formula is C8H14O. The largest absolute Gasteiger partial charge is 0.392 e. The van der Waals surface area contributed by atoms with Crippen LogP contribution in [-0.2, 0) is 0 Å². The van der Waals surface area contributed by atoms with E-state index in [9.17, 15) is 5.11 Å². The van der Waals surface area contributed by atoms with Gasteiger partial charge in [-0.25, -0.2) is 0 Å². The Balaban J connectivity index is 2.52. The van der Waals surface area contributed by atoms with Gasteiger partial charge in [0, 0.05) is 11.3 Å². The lowest BCUT2D eigenvalue weighted by Gasteiger charge is -1.93. The van der Waals surface area contributed by atoms with E-state index in [0.717, 1.165) is 0 Å². The Morgan fingerprint density at radius 1 is 1.44 bits per heavy atom. The second-order valence-corrected chi connectivity index (χ2v) is 3.32. The van der Waals surface area contributed by atoms with E-state index >= 15 is 0 Å². The summed E-state index contributed by atoms with van der Waals surface area (Å²) in [5.41, 5.74) is 0.145. The van der Waals surface area contributed by atoms with Crippen LogP contribution in [0.25, 0.3) is 0 Å². The Bertz CT molecular complexity index is 136. The molecule has 1 aliphatic rings. The van der Waals surface area contributed by atoms with Gasteiger partial charge in [0.1, 0.15) is 0 Å². The van der Waals surface area contributed by atoms with Gasteiger partial charge in [0.15, 0.2) is 0 Å². The molecule has 1 nitrogen and oxygen atoms in total. The molecule has 0 aromatic carbocycles. The first-order valence-corrected chi connectivity index (χ1v) is 3.41. The Hall–Kier alpha value is -0.300. The van der Waals surface area contributed by atoms with Crippen LogP contribution in [0.3, 0.4) is 0 Å². The van der Waals surface area contributed by atoms with Crippen molar-refractivity contribution in [2.24, 2.45) is 11.3 Å². The predicted molar refractivity (Wildman–Crippen MR) is 38.1 cm³/mol. The molecule has 0 radical (unpaired) electrons. The molecule has 1 heteroatoms. The minimum absolute atomic E-state index is 0.103. The first-order chi connectivity index (χ1) is 4.10. The van der Waals surface area contributed by atoms with Crippen LogP contribution in [0.2, 0.25) is 0 Å². The van der Waals surface area contributed by atoms with E-state index in [1.54, 1.807) is 0 Å². The molecule has 0 aromatic rings. The quantitative estimate of drug-likeness (QED) is 0.529. The lowest BCUT2D eigenvalue weighted by atomic mass is 10.1. The van der Waals surface area contributed by atoms with Crippen LogP contribution in [0.1, 0.15) is 20.8 Å².